The van der Waals surface area contributed by atoms with Crippen LogP contribution in [0.2, 0.25) is 0 Å². The minimum Gasteiger partial charge on any atom is -0.468 e. The van der Waals surface area contributed by atoms with Crippen molar-refractivity contribution in [2.45, 2.75) is 62.9 Å². The molecule has 0 radical (unpaired) electrons. The van der Waals surface area contributed by atoms with Gasteiger partial charge in [0.05, 0.1) is 26.3 Å². The van der Waals surface area contributed by atoms with E-state index in [1.807, 2.05) is 18.2 Å². The molecule has 2 aromatic rings. The maximum absolute atomic E-state index is 13.6. The number of rotatable bonds is 3. The van der Waals surface area contributed by atoms with E-state index in [2.05, 4.69) is 42.2 Å². The van der Waals surface area contributed by atoms with Gasteiger partial charge in [-0.1, -0.05) is 67.3 Å². The Morgan fingerprint density at radius 1 is 0.938 bits per heavy atom. The lowest BCUT2D eigenvalue weighted by Gasteiger charge is -2.45. The fourth-order valence-electron chi connectivity index (χ4n) is 6.91. The third-order valence-electron chi connectivity index (χ3n) is 8.12. The molecular weight excluding hydrogens is 402 g/mol. The Labute approximate surface area is 189 Å². The number of benzene rings is 2. The zero-order valence-electron chi connectivity index (χ0n) is 19.1. The number of hydrogen-bond donors (Lipinski definition) is 0. The van der Waals surface area contributed by atoms with Crippen LogP contribution in [0.25, 0.3) is 0 Å². The first-order valence-electron chi connectivity index (χ1n) is 11.6. The second kappa shape index (κ2) is 7.65. The van der Waals surface area contributed by atoms with Crippen LogP contribution in [0.3, 0.4) is 0 Å². The molecule has 1 saturated carbocycles. The summed E-state index contributed by atoms with van der Waals surface area (Å²) in [7, 11) is 2.76. The Kier molecular flexibility index (Phi) is 5.03. The first-order valence-corrected chi connectivity index (χ1v) is 11.6. The number of hydrogen-bond acceptors (Lipinski definition) is 5. The number of anilines is 1. The number of carbonyl (C=O) groups is 2. The van der Waals surface area contributed by atoms with Gasteiger partial charge in [0.1, 0.15) is 0 Å². The molecule has 1 spiro atoms. The molecule has 5 rings (SSSR count). The monoisotopic (exact) mass is 433 g/mol. The second-order valence-corrected chi connectivity index (χ2v) is 9.63. The van der Waals surface area contributed by atoms with Crippen LogP contribution in [-0.4, -0.2) is 32.2 Å². The fraction of sp³-hybridized carbons (Fsp3) is 0.481. The van der Waals surface area contributed by atoms with E-state index in [-0.39, 0.29) is 17.5 Å². The van der Waals surface area contributed by atoms with Gasteiger partial charge in [0.25, 0.3) is 0 Å². The normalized spacial score (nSPS) is 24.7. The Bertz CT molecular complexity index is 1020. The number of methoxy groups -OCH3 is 2. The van der Waals surface area contributed by atoms with Gasteiger partial charge >= 0.3 is 11.9 Å². The first kappa shape index (κ1) is 21.0. The zero-order valence-corrected chi connectivity index (χ0v) is 19.1. The number of fused-ring (bicyclic) bond motifs is 5. The molecule has 0 aromatic heterocycles. The van der Waals surface area contributed by atoms with E-state index < -0.39 is 17.4 Å². The third kappa shape index (κ3) is 2.69. The van der Waals surface area contributed by atoms with E-state index in [0.29, 0.717) is 6.42 Å². The minimum atomic E-state index is -1.37. The highest BCUT2D eigenvalue weighted by Gasteiger charge is 2.72. The summed E-state index contributed by atoms with van der Waals surface area (Å²) in [5.74, 6) is -0.959. The lowest BCUT2D eigenvalue weighted by atomic mass is 9.59. The summed E-state index contributed by atoms with van der Waals surface area (Å²) >= 11 is 0. The van der Waals surface area contributed by atoms with Gasteiger partial charge in [-0.25, -0.2) is 0 Å². The molecule has 32 heavy (non-hydrogen) atoms. The number of ether oxygens (including phenoxy) is 2. The lowest BCUT2D eigenvalue weighted by molar-refractivity contribution is -0.171. The Morgan fingerprint density at radius 3 is 2.22 bits per heavy atom. The van der Waals surface area contributed by atoms with E-state index in [4.69, 9.17) is 9.47 Å². The summed E-state index contributed by atoms with van der Waals surface area (Å²) in [6, 6.07) is 16.4. The molecule has 3 aliphatic rings. The predicted octanol–water partition coefficient (Wildman–Crippen LogP) is 4.86. The van der Waals surface area contributed by atoms with Gasteiger partial charge in [0.15, 0.2) is 5.41 Å². The molecule has 2 fully saturated rings. The summed E-state index contributed by atoms with van der Waals surface area (Å²) in [6.07, 6.45) is 5.64. The van der Waals surface area contributed by atoms with Gasteiger partial charge in [0, 0.05) is 17.5 Å². The molecule has 2 atom stereocenters. The minimum absolute atomic E-state index is 0.109. The van der Waals surface area contributed by atoms with E-state index in [0.717, 1.165) is 36.9 Å². The van der Waals surface area contributed by atoms with Crippen molar-refractivity contribution in [3.63, 3.8) is 0 Å². The molecule has 0 unspecified atom stereocenters. The first-order chi connectivity index (χ1) is 15.5. The van der Waals surface area contributed by atoms with Crippen molar-refractivity contribution in [2.75, 3.05) is 19.1 Å². The van der Waals surface area contributed by atoms with Crippen LogP contribution < -0.4 is 4.90 Å². The summed E-state index contributed by atoms with van der Waals surface area (Å²) < 4.78 is 10.7. The highest BCUT2D eigenvalue weighted by molar-refractivity contribution is 6.03. The van der Waals surface area contributed by atoms with Crippen molar-refractivity contribution in [2.24, 2.45) is 5.41 Å². The second-order valence-electron chi connectivity index (χ2n) is 9.63. The fourth-order valence-corrected chi connectivity index (χ4v) is 6.91. The average Bonchev–Trinajstić information content (AvgIpc) is 3.33. The molecule has 0 amide bonds. The van der Waals surface area contributed by atoms with Crippen LogP contribution in [-0.2, 0) is 24.5 Å². The van der Waals surface area contributed by atoms with Crippen LogP contribution in [0.1, 0.15) is 61.3 Å². The van der Waals surface area contributed by atoms with Gasteiger partial charge in [0.2, 0.25) is 0 Å². The van der Waals surface area contributed by atoms with Gasteiger partial charge in [-0.05, 0) is 37.0 Å². The summed E-state index contributed by atoms with van der Waals surface area (Å²) in [5, 5.41) is 0. The van der Waals surface area contributed by atoms with Crippen LogP contribution in [0.15, 0.2) is 48.5 Å². The van der Waals surface area contributed by atoms with Crippen LogP contribution >= 0.6 is 0 Å². The largest absolute Gasteiger partial charge is 0.468 e. The lowest BCUT2D eigenvalue weighted by Crippen LogP contribution is -2.58. The van der Waals surface area contributed by atoms with Crippen molar-refractivity contribution in [3.8, 4) is 0 Å². The van der Waals surface area contributed by atoms with E-state index >= 15 is 0 Å². The average molecular weight is 434 g/mol. The number of nitrogens with zero attached hydrogens (tertiary/aromatic N) is 1. The maximum atomic E-state index is 13.6. The molecular formula is C27H31NO4. The molecule has 1 aliphatic carbocycles. The van der Waals surface area contributed by atoms with E-state index in [9.17, 15) is 9.59 Å². The Balaban J connectivity index is 1.81. The van der Waals surface area contributed by atoms with E-state index in [1.165, 1.54) is 31.8 Å². The number of carbonyl (C=O) groups excluding carboxylic acids is 2. The van der Waals surface area contributed by atoms with Crippen molar-refractivity contribution in [1.29, 1.82) is 0 Å². The quantitative estimate of drug-likeness (QED) is 0.511. The van der Waals surface area contributed by atoms with Crippen molar-refractivity contribution in [3.05, 3.63) is 65.2 Å². The zero-order chi connectivity index (χ0) is 22.5. The van der Waals surface area contributed by atoms with Gasteiger partial charge in [-0.15, -0.1) is 0 Å². The van der Waals surface area contributed by atoms with Gasteiger partial charge < -0.3 is 14.4 Å². The van der Waals surface area contributed by atoms with Crippen molar-refractivity contribution in [1.82, 2.24) is 0 Å². The summed E-state index contributed by atoms with van der Waals surface area (Å²) in [5.41, 5.74) is 3.09. The molecule has 2 aromatic carbocycles. The van der Waals surface area contributed by atoms with Gasteiger partial charge in [-0.3, -0.25) is 9.59 Å². The molecule has 2 aliphatic heterocycles. The topological polar surface area (TPSA) is 55.8 Å². The Morgan fingerprint density at radius 2 is 1.59 bits per heavy atom. The highest BCUT2D eigenvalue weighted by Crippen LogP contribution is 2.65. The molecule has 168 valence electrons. The summed E-state index contributed by atoms with van der Waals surface area (Å²) in [6.45, 7) is 2.11. The number of esters is 2. The molecule has 1 saturated heterocycles. The molecule has 0 bridgehead atoms. The standard InChI is InChI=1S/C27H31NO4/c1-18-12-13-21-20(16-18)26(14-8-5-9-15-26)23-27(24(29)31-2,25(30)32-3)17-22(28(21)23)19-10-6-4-7-11-19/h4,6-7,10-13,16,22-23H,5,8-9,14-15,17H2,1-3H3/t22-,23+/m0/s1. The Hall–Kier alpha value is -2.82. The molecule has 0 N–H and O–H groups in total. The highest BCUT2D eigenvalue weighted by atomic mass is 16.5. The number of aryl methyl sites for hydroxylation is 1. The van der Waals surface area contributed by atoms with Crippen LogP contribution in [0.5, 0.6) is 0 Å². The predicted molar refractivity (Wildman–Crippen MR) is 122 cm³/mol. The van der Waals surface area contributed by atoms with Crippen LogP contribution in [0.4, 0.5) is 5.69 Å². The smallest absolute Gasteiger partial charge is 0.325 e. The third-order valence-corrected chi connectivity index (χ3v) is 8.12. The van der Waals surface area contributed by atoms with Crippen LogP contribution in [0, 0.1) is 12.3 Å². The molecule has 2 heterocycles. The molecule has 5 nitrogen and oxygen atoms in total. The van der Waals surface area contributed by atoms with Gasteiger partial charge in [-0.2, -0.15) is 0 Å². The van der Waals surface area contributed by atoms with Crippen molar-refractivity contribution < 1.29 is 19.1 Å². The summed E-state index contributed by atoms with van der Waals surface area (Å²) in [4.78, 5) is 29.5. The van der Waals surface area contributed by atoms with Crippen molar-refractivity contribution >= 4 is 17.6 Å². The molecule has 5 heteroatoms. The SMILES string of the molecule is COC(=O)C1(C(=O)OC)C[C@@H](c2ccccc2)N2c3ccc(C)cc3C3(CCCCC3)[C@@H]21. The maximum Gasteiger partial charge on any atom is 0.325 e. The van der Waals surface area contributed by atoms with E-state index in [1.54, 1.807) is 0 Å².